The lowest BCUT2D eigenvalue weighted by molar-refractivity contribution is -0.131. The second-order valence-electron chi connectivity index (χ2n) is 4.01. The first kappa shape index (κ1) is 10.6. The van der Waals surface area contributed by atoms with E-state index in [2.05, 4.69) is 31.2 Å². The molecule has 1 atom stereocenters. The van der Waals surface area contributed by atoms with Crippen LogP contribution in [0.3, 0.4) is 0 Å². The minimum Gasteiger partial charge on any atom is -0.376 e. The molecule has 3 nitrogen and oxygen atoms in total. The molecule has 1 aliphatic rings. The Morgan fingerprint density at radius 2 is 2.07 bits per heavy atom. The molecule has 0 saturated carbocycles. The standard InChI is InChI=1S/C12H17NO2/c1-9-2-4-10(5-3-9)12(13)8-15-11-6-14-7-11/h2-5,11-12H,6-8,13H2,1H3. The topological polar surface area (TPSA) is 44.5 Å². The lowest BCUT2D eigenvalue weighted by atomic mass is 10.1. The van der Waals surface area contributed by atoms with Gasteiger partial charge in [0.15, 0.2) is 0 Å². The molecule has 3 heteroatoms. The van der Waals surface area contributed by atoms with E-state index in [1.54, 1.807) is 0 Å². The minimum atomic E-state index is -0.0359. The van der Waals surface area contributed by atoms with Crippen LogP contribution in [-0.4, -0.2) is 25.9 Å². The highest BCUT2D eigenvalue weighted by Crippen LogP contribution is 2.14. The molecule has 1 aromatic rings. The number of rotatable bonds is 4. The average molecular weight is 207 g/mol. The van der Waals surface area contributed by atoms with Crippen LogP contribution in [-0.2, 0) is 9.47 Å². The largest absolute Gasteiger partial charge is 0.376 e. The Morgan fingerprint density at radius 3 is 2.60 bits per heavy atom. The molecule has 1 unspecified atom stereocenters. The van der Waals surface area contributed by atoms with Crippen molar-refractivity contribution in [3.8, 4) is 0 Å². The quantitative estimate of drug-likeness (QED) is 0.812. The smallest absolute Gasteiger partial charge is 0.104 e. The van der Waals surface area contributed by atoms with Gasteiger partial charge in [0.25, 0.3) is 0 Å². The van der Waals surface area contributed by atoms with Crippen LogP contribution >= 0.6 is 0 Å². The van der Waals surface area contributed by atoms with Crippen molar-refractivity contribution in [3.05, 3.63) is 35.4 Å². The first-order valence-corrected chi connectivity index (χ1v) is 5.27. The monoisotopic (exact) mass is 207 g/mol. The SMILES string of the molecule is Cc1ccc(C(N)COC2COC2)cc1. The molecule has 0 radical (unpaired) electrons. The first-order chi connectivity index (χ1) is 7.25. The number of hydrogen-bond donors (Lipinski definition) is 1. The van der Waals surface area contributed by atoms with Crippen LogP contribution in [0.1, 0.15) is 17.2 Å². The van der Waals surface area contributed by atoms with E-state index in [1.165, 1.54) is 5.56 Å². The molecular weight excluding hydrogens is 190 g/mol. The highest BCUT2D eigenvalue weighted by atomic mass is 16.6. The molecule has 82 valence electrons. The molecule has 1 heterocycles. The van der Waals surface area contributed by atoms with E-state index in [0.29, 0.717) is 19.8 Å². The van der Waals surface area contributed by atoms with Crippen LogP contribution in [0.15, 0.2) is 24.3 Å². The fraction of sp³-hybridized carbons (Fsp3) is 0.500. The summed E-state index contributed by atoms with van der Waals surface area (Å²) in [7, 11) is 0. The third-order valence-corrected chi connectivity index (χ3v) is 2.62. The van der Waals surface area contributed by atoms with Crippen molar-refractivity contribution < 1.29 is 9.47 Å². The van der Waals surface area contributed by atoms with Crippen LogP contribution < -0.4 is 5.73 Å². The molecule has 1 aliphatic heterocycles. The summed E-state index contributed by atoms with van der Waals surface area (Å²) in [6.07, 6.45) is 0.251. The van der Waals surface area contributed by atoms with Crippen LogP contribution in [0.2, 0.25) is 0 Å². The zero-order valence-corrected chi connectivity index (χ0v) is 8.98. The van der Waals surface area contributed by atoms with Gasteiger partial charge in [-0.3, -0.25) is 0 Å². The van der Waals surface area contributed by atoms with E-state index in [1.807, 2.05) is 0 Å². The lowest BCUT2D eigenvalue weighted by Gasteiger charge is -2.27. The summed E-state index contributed by atoms with van der Waals surface area (Å²) < 4.78 is 10.6. The second-order valence-corrected chi connectivity index (χ2v) is 4.01. The van der Waals surface area contributed by atoms with Gasteiger partial charge in [-0.05, 0) is 12.5 Å². The predicted octanol–water partition coefficient (Wildman–Crippen LogP) is 1.41. The van der Waals surface area contributed by atoms with Crippen molar-refractivity contribution in [1.82, 2.24) is 0 Å². The van der Waals surface area contributed by atoms with Crippen molar-refractivity contribution in [3.63, 3.8) is 0 Å². The normalized spacial score (nSPS) is 18.5. The van der Waals surface area contributed by atoms with E-state index < -0.39 is 0 Å². The minimum absolute atomic E-state index is 0.0359. The van der Waals surface area contributed by atoms with Crippen molar-refractivity contribution in [2.45, 2.75) is 19.1 Å². The van der Waals surface area contributed by atoms with Gasteiger partial charge in [-0.25, -0.2) is 0 Å². The van der Waals surface area contributed by atoms with E-state index in [0.717, 1.165) is 5.56 Å². The number of aryl methyl sites for hydroxylation is 1. The maximum Gasteiger partial charge on any atom is 0.104 e. The molecule has 0 amide bonds. The zero-order chi connectivity index (χ0) is 10.7. The van der Waals surface area contributed by atoms with Gasteiger partial charge >= 0.3 is 0 Å². The Bertz CT molecular complexity index is 306. The van der Waals surface area contributed by atoms with E-state index >= 15 is 0 Å². The average Bonchev–Trinajstić information content (AvgIpc) is 2.16. The van der Waals surface area contributed by atoms with Gasteiger partial charge in [0, 0.05) is 0 Å². The van der Waals surface area contributed by atoms with Crippen LogP contribution in [0.25, 0.3) is 0 Å². The summed E-state index contributed by atoms with van der Waals surface area (Å²) in [6.45, 7) is 4.05. The molecule has 1 aromatic carbocycles. The molecule has 0 aromatic heterocycles. The number of nitrogens with two attached hydrogens (primary N) is 1. The summed E-state index contributed by atoms with van der Waals surface area (Å²) in [5.41, 5.74) is 8.38. The molecule has 15 heavy (non-hydrogen) atoms. The van der Waals surface area contributed by atoms with Crippen LogP contribution in [0.4, 0.5) is 0 Å². The van der Waals surface area contributed by atoms with Crippen molar-refractivity contribution in [2.75, 3.05) is 19.8 Å². The number of hydrogen-bond acceptors (Lipinski definition) is 3. The molecule has 0 aliphatic carbocycles. The Kier molecular flexibility index (Phi) is 3.36. The summed E-state index contributed by atoms with van der Waals surface area (Å²) in [4.78, 5) is 0. The van der Waals surface area contributed by atoms with E-state index in [9.17, 15) is 0 Å². The highest BCUT2D eigenvalue weighted by molar-refractivity contribution is 5.23. The third-order valence-electron chi connectivity index (χ3n) is 2.62. The zero-order valence-electron chi connectivity index (χ0n) is 8.98. The maximum atomic E-state index is 6.01. The third kappa shape index (κ3) is 2.78. The predicted molar refractivity (Wildman–Crippen MR) is 58.7 cm³/mol. The van der Waals surface area contributed by atoms with Gasteiger partial charge in [0.05, 0.1) is 25.9 Å². The van der Waals surface area contributed by atoms with Crippen molar-refractivity contribution in [1.29, 1.82) is 0 Å². The fourth-order valence-corrected chi connectivity index (χ4v) is 1.46. The van der Waals surface area contributed by atoms with Gasteiger partial charge in [0.2, 0.25) is 0 Å². The van der Waals surface area contributed by atoms with Gasteiger partial charge < -0.3 is 15.2 Å². The maximum absolute atomic E-state index is 6.01. The van der Waals surface area contributed by atoms with Gasteiger partial charge in [-0.1, -0.05) is 29.8 Å². The summed E-state index contributed by atoms with van der Waals surface area (Å²) in [5.74, 6) is 0. The van der Waals surface area contributed by atoms with Crippen molar-refractivity contribution in [2.24, 2.45) is 5.73 Å². The molecule has 2 N–H and O–H groups in total. The molecular formula is C12H17NO2. The molecule has 0 bridgehead atoms. The summed E-state index contributed by atoms with van der Waals surface area (Å²) >= 11 is 0. The first-order valence-electron chi connectivity index (χ1n) is 5.27. The Morgan fingerprint density at radius 1 is 1.40 bits per heavy atom. The Labute approximate surface area is 90.2 Å². The van der Waals surface area contributed by atoms with Gasteiger partial charge in [-0.2, -0.15) is 0 Å². The second kappa shape index (κ2) is 4.75. The lowest BCUT2D eigenvalue weighted by Crippen LogP contribution is -2.37. The van der Waals surface area contributed by atoms with Crippen LogP contribution in [0, 0.1) is 6.92 Å². The van der Waals surface area contributed by atoms with E-state index in [4.69, 9.17) is 15.2 Å². The van der Waals surface area contributed by atoms with Crippen molar-refractivity contribution >= 4 is 0 Å². The van der Waals surface area contributed by atoms with E-state index in [-0.39, 0.29) is 12.1 Å². The molecule has 2 rings (SSSR count). The fourth-order valence-electron chi connectivity index (χ4n) is 1.46. The summed E-state index contributed by atoms with van der Waals surface area (Å²) in [5, 5.41) is 0. The summed E-state index contributed by atoms with van der Waals surface area (Å²) in [6, 6.07) is 8.22. The Balaban J connectivity index is 1.83. The van der Waals surface area contributed by atoms with Crippen LogP contribution in [0.5, 0.6) is 0 Å². The Hall–Kier alpha value is -0.900. The van der Waals surface area contributed by atoms with Gasteiger partial charge in [0.1, 0.15) is 6.10 Å². The molecule has 0 spiro atoms. The molecule has 1 fully saturated rings. The van der Waals surface area contributed by atoms with Gasteiger partial charge in [-0.15, -0.1) is 0 Å². The molecule has 1 saturated heterocycles. The highest BCUT2D eigenvalue weighted by Gasteiger charge is 2.19. The number of benzene rings is 1. The number of ether oxygens (including phenoxy) is 2.